The highest BCUT2D eigenvalue weighted by molar-refractivity contribution is 5.38. The van der Waals surface area contributed by atoms with Crippen molar-refractivity contribution in [2.45, 2.75) is 38.3 Å². The Kier molecular flexibility index (Phi) is 4.90. The lowest BCUT2D eigenvalue weighted by Crippen LogP contribution is -2.35. The first-order chi connectivity index (χ1) is 9.19. The van der Waals surface area contributed by atoms with Crippen molar-refractivity contribution in [2.24, 2.45) is 11.7 Å². The number of nitrogens with zero attached hydrogens (tertiary/aromatic N) is 1. The maximum Gasteiger partial charge on any atom is 0.387 e. The highest BCUT2D eigenvalue weighted by atomic mass is 19.3. The van der Waals surface area contributed by atoms with E-state index < -0.39 is 6.61 Å². The van der Waals surface area contributed by atoms with Crippen LogP contribution in [-0.4, -0.2) is 24.2 Å². The van der Waals surface area contributed by atoms with Crippen LogP contribution in [0, 0.1) is 5.92 Å². The first kappa shape index (κ1) is 14.0. The van der Waals surface area contributed by atoms with Crippen LogP contribution in [0.25, 0.3) is 0 Å². The Bertz CT molecular complexity index is 380. The van der Waals surface area contributed by atoms with Crippen LogP contribution in [0.1, 0.15) is 25.7 Å². The molecule has 0 aliphatic heterocycles. The van der Waals surface area contributed by atoms with Crippen LogP contribution in [0.4, 0.5) is 14.6 Å². The van der Waals surface area contributed by atoms with Crippen molar-refractivity contribution in [3.05, 3.63) is 18.3 Å². The van der Waals surface area contributed by atoms with Gasteiger partial charge in [0.25, 0.3) is 0 Å². The molecule has 1 atom stereocenters. The molecule has 4 nitrogen and oxygen atoms in total. The minimum atomic E-state index is -2.82. The molecule has 19 heavy (non-hydrogen) atoms. The molecule has 6 heteroatoms. The molecule has 1 unspecified atom stereocenters. The lowest BCUT2D eigenvalue weighted by atomic mass is 9.98. The molecule has 3 N–H and O–H groups in total. The molecule has 0 bridgehead atoms. The van der Waals surface area contributed by atoms with Gasteiger partial charge in [0.05, 0.1) is 6.20 Å². The van der Waals surface area contributed by atoms with Crippen LogP contribution in [0.5, 0.6) is 5.75 Å². The van der Waals surface area contributed by atoms with E-state index in [2.05, 4.69) is 15.0 Å². The van der Waals surface area contributed by atoms with E-state index in [0.29, 0.717) is 18.3 Å². The quantitative estimate of drug-likeness (QED) is 0.835. The molecular weight excluding hydrogens is 252 g/mol. The molecule has 1 heterocycles. The third kappa shape index (κ3) is 4.02. The number of nitrogens with one attached hydrogen (secondary N) is 1. The van der Waals surface area contributed by atoms with E-state index in [1.807, 2.05) is 0 Å². The first-order valence-corrected chi connectivity index (χ1v) is 6.56. The van der Waals surface area contributed by atoms with Crippen LogP contribution < -0.4 is 15.8 Å². The minimum absolute atomic E-state index is 0.0608. The molecule has 1 fully saturated rings. The van der Waals surface area contributed by atoms with Gasteiger partial charge in [0.2, 0.25) is 0 Å². The number of aromatic nitrogens is 1. The van der Waals surface area contributed by atoms with Gasteiger partial charge in [-0.05, 0) is 30.9 Å². The van der Waals surface area contributed by atoms with Crippen LogP contribution in [0.3, 0.4) is 0 Å². The summed E-state index contributed by atoms with van der Waals surface area (Å²) in [4.78, 5) is 4.07. The predicted octanol–water partition coefficient (Wildman–Crippen LogP) is 2.61. The summed E-state index contributed by atoms with van der Waals surface area (Å²) in [5.41, 5.74) is 5.78. The standard InChI is InChI=1S/C13H19F2N3O/c14-13(15)19-10-5-6-12(17-8-10)18-11(7-16)9-3-1-2-4-9/h5-6,8-9,11,13H,1-4,7,16H2,(H,17,18). The van der Waals surface area contributed by atoms with Crippen molar-refractivity contribution < 1.29 is 13.5 Å². The lowest BCUT2D eigenvalue weighted by Gasteiger charge is -2.23. The summed E-state index contributed by atoms with van der Waals surface area (Å²) in [7, 11) is 0. The summed E-state index contributed by atoms with van der Waals surface area (Å²) < 4.78 is 28.3. The molecule has 1 aliphatic carbocycles. The molecule has 0 amide bonds. The summed E-state index contributed by atoms with van der Waals surface area (Å²) in [6, 6.07) is 3.30. The van der Waals surface area contributed by atoms with Gasteiger partial charge in [-0.25, -0.2) is 4.98 Å². The fourth-order valence-corrected chi connectivity index (χ4v) is 2.56. The number of alkyl halides is 2. The molecule has 106 valence electrons. The molecule has 0 radical (unpaired) electrons. The maximum atomic E-state index is 12.0. The van der Waals surface area contributed by atoms with Crippen molar-refractivity contribution in [2.75, 3.05) is 11.9 Å². The van der Waals surface area contributed by atoms with Crippen LogP contribution in [0.2, 0.25) is 0 Å². The van der Waals surface area contributed by atoms with Gasteiger partial charge in [0.1, 0.15) is 11.6 Å². The number of anilines is 1. The van der Waals surface area contributed by atoms with Crippen molar-refractivity contribution in [1.29, 1.82) is 0 Å². The van der Waals surface area contributed by atoms with E-state index in [4.69, 9.17) is 5.73 Å². The topological polar surface area (TPSA) is 60.2 Å². The van der Waals surface area contributed by atoms with E-state index in [9.17, 15) is 8.78 Å². The van der Waals surface area contributed by atoms with Crippen molar-refractivity contribution in [1.82, 2.24) is 4.98 Å². The SMILES string of the molecule is NCC(Nc1ccc(OC(F)F)cn1)C1CCCC1. The smallest absolute Gasteiger partial charge is 0.387 e. The van der Waals surface area contributed by atoms with E-state index >= 15 is 0 Å². The Balaban J connectivity index is 1.93. The number of hydrogen-bond acceptors (Lipinski definition) is 4. The van der Waals surface area contributed by atoms with Crippen molar-refractivity contribution in [3.8, 4) is 5.75 Å². The molecule has 1 aromatic heterocycles. The third-order valence-electron chi connectivity index (χ3n) is 3.52. The number of hydrogen-bond donors (Lipinski definition) is 2. The molecule has 1 saturated carbocycles. The lowest BCUT2D eigenvalue weighted by molar-refractivity contribution is -0.0500. The second-order valence-corrected chi connectivity index (χ2v) is 4.79. The van der Waals surface area contributed by atoms with Gasteiger partial charge < -0.3 is 15.8 Å². The number of ether oxygens (including phenoxy) is 1. The molecule has 1 aliphatic rings. The molecule has 2 rings (SSSR count). The fourth-order valence-electron chi connectivity index (χ4n) is 2.56. The summed E-state index contributed by atoms with van der Waals surface area (Å²) >= 11 is 0. The van der Waals surface area contributed by atoms with Gasteiger partial charge in [-0.15, -0.1) is 0 Å². The summed E-state index contributed by atoms with van der Waals surface area (Å²) in [5.74, 6) is 1.28. The Morgan fingerprint density at radius 2 is 2.11 bits per heavy atom. The monoisotopic (exact) mass is 271 g/mol. The largest absolute Gasteiger partial charge is 0.433 e. The Hall–Kier alpha value is -1.43. The Labute approximate surface area is 111 Å². The number of halogens is 2. The van der Waals surface area contributed by atoms with Gasteiger partial charge >= 0.3 is 6.61 Å². The summed E-state index contributed by atoms with van der Waals surface area (Å²) in [5, 5.41) is 3.27. The highest BCUT2D eigenvalue weighted by Gasteiger charge is 2.24. The minimum Gasteiger partial charge on any atom is -0.433 e. The third-order valence-corrected chi connectivity index (χ3v) is 3.52. The zero-order valence-electron chi connectivity index (χ0n) is 10.7. The van der Waals surface area contributed by atoms with Crippen LogP contribution in [0.15, 0.2) is 18.3 Å². The van der Waals surface area contributed by atoms with E-state index in [-0.39, 0.29) is 11.8 Å². The zero-order valence-corrected chi connectivity index (χ0v) is 10.7. The zero-order chi connectivity index (χ0) is 13.7. The Morgan fingerprint density at radius 1 is 1.37 bits per heavy atom. The summed E-state index contributed by atoms with van der Waals surface area (Å²) in [6.45, 7) is -2.28. The van der Waals surface area contributed by atoms with Crippen LogP contribution in [-0.2, 0) is 0 Å². The number of nitrogens with two attached hydrogens (primary N) is 1. The highest BCUT2D eigenvalue weighted by Crippen LogP contribution is 2.29. The van der Waals surface area contributed by atoms with Gasteiger partial charge in [0, 0.05) is 12.6 Å². The molecular formula is C13H19F2N3O. The second kappa shape index (κ2) is 6.65. The molecule has 0 aromatic carbocycles. The van der Waals surface area contributed by atoms with Gasteiger partial charge in [-0.2, -0.15) is 8.78 Å². The van der Waals surface area contributed by atoms with E-state index in [1.54, 1.807) is 6.07 Å². The van der Waals surface area contributed by atoms with Crippen LogP contribution >= 0.6 is 0 Å². The number of pyridine rings is 1. The first-order valence-electron chi connectivity index (χ1n) is 6.56. The molecule has 0 spiro atoms. The van der Waals surface area contributed by atoms with Crippen molar-refractivity contribution in [3.63, 3.8) is 0 Å². The molecule has 1 aromatic rings. The fraction of sp³-hybridized carbons (Fsp3) is 0.615. The maximum absolute atomic E-state index is 12.0. The number of rotatable bonds is 6. The second-order valence-electron chi connectivity index (χ2n) is 4.79. The van der Waals surface area contributed by atoms with E-state index in [1.165, 1.54) is 37.9 Å². The van der Waals surface area contributed by atoms with Gasteiger partial charge in [0.15, 0.2) is 0 Å². The predicted molar refractivity (Wildman–Crippen MR) is 69.3 cm³/mol. The van der Waals surface area contributed by atoms with Gasteiger partial charge in [-0.3, -0.25) is 0 Å². The van der Waals surface area contributed by atoms with Gasteiger partial charge in [-0.1, -0.05) is 12.8 Å². The molecule has 0 saturated heterocycles. The average Bonchev–Trinajstić information content (AvgIpc) is 2.91. The average molecular weight is 271 g/mol. The Morgan fingerprint density at radius 3 is 2.63 bits per heavy atom. The van der Waals surface area contributed by atoms with Crippen molar-refractivity contribution >= 4 is 5.82 Å². The van der Waals surface area contributed by atoms with E-state index in [0.717, 1.165) is 0 Å². The summed E-state index contributed by atoms with van der Waals surface area (Å²) in [6.07, 6.45) is 6.15. The normalized spacial score (nSPS) is 17.7.